The highest BCUT2D eigenvalue weighted by atomic mass is 16.7. The summed E-state index contributed by atoms with van der Waals surface area (Å²) in [4.78, 5) is 0. The zero-order chi connectivity index (χ0) is 14.1. The largest absolute Gasteiger partial charge is 0.352 e. The number of hydrogen-bond donors (Lipinski definition) is 0. The van der Waals surface area contributed by atoms with Crippen molar-refractivity contribution in [2.75, 3.05) is 6.61 Å². The summed E-state index contributed by atoms with van der Waals surface area (Å²) in [7, 11) is 0. The maximum Gasteiger partial charge on any atom is 0.160 e. The molecule has 2 saturated carbocycles. The van der Waals surface area contributed by atoms with E-state index >= 15 is 0 Å². The fourth-order valence-corrected chi connectivity index (χ4v) is 5.28. The van der Waals surface area contributed by atoms with Gasteiger partial charge in [-0.2, -0.15) is 0 Å². The topological polar surface area (TPSA) is 18.5 Å². The Kier molecular flexibility index (Phi) is 2.91. The minimum Gasteiger partial charge on any atom is -0.352 e. The standard InChI is InChI=1S/C17H30O2/c1-11(2)14-18-10-12(3)17(19-14)9-13-7-8-16(17,6)15(13,4)5/h11-14H,7-10H2,1-6H3/t12-,13+,14-,16+,17-/m0/s1. The van der Waals surface area contributed by atoms with Crippen LogP contribution in [0.15, 0.2) is 0 Å². The molecule has 1 saturated heterocycles. The zero-order valence-electron chi connectivity index (χ0n) is 13.5. The smallest absolute Gasteiger partial charge is 0.160 e. The number of rotatable bonds is 1. The van der Waals surface area contributed by atoms with Crippen molar-refractivity contribution < 1.29 is 9.47 Å². The molecule has 0 N–H and O–H groups in total. The van der Waals surface area contributed by atoms with Crippen LogP contribution in [0.5, 0.6) is 0 Å². The molecule has 3 fully saturated rings. The van der Waals surface area contributed by atoms with Gasteiger partial charge in [0.2, 0.25) is 0 Å². The predicted octanol–water partition coefficient (Wildman–Crippen LogP) is 4.24. The Morgan fingerprint density at radius 2 is 1.84 bits per heavy atom. The van der Waals surface area contributed by atoms with E-state index in [0.717, 1.165) is 12.5 Å². The Labute approximate surface area is 118 Å². The maximum absolute atomic E-state index is 6.66. The van der Waals surface area contributed by atoms with Crippen molar-refractivity contribution in [3.63, 3.8) is 0 Å². The highest BCUT2D eigenvalue weighted by Crippen LogP contribution is 2.73. The summed E-state index contributed by atoms with van der Waals surface area (Å²) < 4.78 is 12.6. The zero-order valence-corrected chi connectivity index (χ0v) is 13.5. The first-order chi connectivity index (χ1) is 8.74. The van der Waals surface area contributed by atoms with Crippen molar-refractivity contribution in [3.05, 3.63) is 0 Å². The molecule has 0 aromatic heterocycles. The average molecular weight is 266 g/mol. The molecule has 3 rings (SSSR count). The molecule has 2 bridgehead atoms. The van der Waals surface area contributed by atoms with Gasteiger partial charge < -0.3 is 9.47 Å². The van der Waals surface area contributed by atoms with Gasteiger partial charge in [0.05, 0.1) is 12.2 Å². The van der Waals surface area contributed by atoms with Crippen LogP contribution in [0.4, 0.5) is 0 Å². The van der Waals surface area contributed by atoms with Gasteiger partial charge in [-0.3, -0.25) is 0 Å². The van der Waals surface area contributed by atoms with Crippen molar-refractivity contribution in [1.29, 1.82) is 0 Å². The van der Waals surface area contributed by atoms with Crippen LogP contribution in [-0.4, -0.2) is 18.5 Å². The van der Waals surface area contributed by atoms with Gasteiger partial charge >= 0.3 is 0 Å². The van der Waals surface area contributed by atoms with E-state index in [1.54, 1.807) is 0 Å². The van der Waals surface area contributed by atoms with E-state index in [2.05, 4.69) is 41.5 Å². The molecule has 1 spiro atoms. The molecule has 2 aliphatic carbocycles. The molecule has 0 aromatic carbocycles. The lowest BCUT2D eigenvalue weighted by Crippen LogP contribution is -2.60. The lowest BCUT2D eigenvalue weighted by Gasteiger charge is -2.55. The Morgan fingerprint density at radius 1 is 1.16 bits per heavy atom. The molecule has 0 unspecified atom stereocenters. The summed E-state index contributed by atoms with van der Waals surface area (Å²) in [6.45, 7) is 15.0. The number of fused-ring (bicyclic) bond motifs is 3. The fourth-order valence-electron chi connectivity index (χ4n) is 5.28. The summed E-state index contributed by atoms with van der Waals surface area (Å²) in [5.41, 5.74) is 0.758. The molecule has 19 heavy (non-hydrogen) atoms. The van der Waals surface area contributed by atoms with Gasteiger partial charge in [0, 0.05) is 17.3 Å². The van der Waals surface area contributed by atoms with Crippen LogP contribution in [0.25, 0.3) is 0 Å². The first kappa shape index (κ1) is 13.9. The fraction of sp³-hybridized carbons (Fsp3) is 1.00. The Balaban J connectivity index is 1.99. The van der Waals surface area contributed by atoms with Crippen LogP contribution in [0.1, 0.15) is 60.8 Å². The van der Waals surface area contributed by atoms with E-state index in [0.29, 0.717) is 22.7 Å². The van der Waals surface area contributed by atoms with Gasteiger partial charge in [-0.1, -0.05) is 41.5 Å². The summed E-state index contributed by atoms with van der Waals surface area (Å²) in [5.74, 6) is 1.78. The lowest BCUT2D eigenvalue weighted by molar-refractivity contribution is -0.325. The van der Waals surface area contributed by atoms with Crippen LogP contribution in [0, 0.1) is 28.6 Å². The van der Waals surface area contributed by atoms with E-state index in [4.69, 9.17) is 9.47 Å². The normalized spacial score (nSPS) is 52.3. The first-order valence-electron chi connectivity index (χ1n) is 8.04. The molecule has 0 radical (unpaired) electrons. The third-order valence-electron chi connectivity index (χ3n) is 7.10. The van der Waals surface area contributed by atoms with Gasteiger partial charge in [0.15, 0.2) is 6.29 Å². The summed E-state index contributed by atoms with van der Waals surface area (Å²) in [6, 6.07) is 0. The second-order valence-electron chi connectivity index (χ2n) is 8.35. The van der Waals surface area contributed by atoms with E-state index in [1.165, 1.54) is 19.3 Å². The summed E-state index contributed by atoms with van der Waals surface area (Å²) >= 11 is 0. The predicted molar refractivity (Wildman–Crippen MR) is 76.8 cm³/mol. The molecule has 1 aliphatic heterocycles. The highest BCUT2D eigenvalue weighted by molar-refractivity contribution is 5.20. The van der Waals surface area contributed by atoms with Crippen LogP contribution < -0.4 is 0 Å². The van der Waals surface area contributed by atoms with Crippen LogP contribution in [0.2, 0.25) is 0 Å². The Bertz CT molecular complexity index is 375. The van der Waals surface area contributed by atoms with Gasteiger partial charge in [-0.05, 0) is 30.6 Å². The molecule has 2 heteroatoms. The van der Waals surface area contributed by atoms with Gasteiger partial charge in [-0.15, -0.1) is 0 Å². The molecular formula is C17H30O2. The molecule has 2 nitrogen and oxygen atoms in total. The molecule has 0 aromatic rings. The van der Waals surface area contributed by atoms with Crippen molar-refractivity contribution in [3.8, 4) is 0 Å². The molecular weight excluding hydrogens is 236 g/mol. The van der Waals surface area contributed by atoms with E-state index in [1.807, 2.05) is 0 Å². The maximum atomic E-state index is 6.66. The van der Waals surface area contributed by atoms with Crippen LogP contribution >= 0.6 is 0 Å². The molecule has 5 atom stereocenters. The quantitative estimate of drug-likeness (QED) is 0.707. The summed E-state index contributed by atoms with van der Waals surface area (Å²) in [6.07, 6.45) is 3.93. The Morgan fingerprint density at radius 3 is 2.32 bits per heavy atom. The van der Waals surface area contributed by atoms with Crippen LogP contribution in [0.3, 0.4) is 0 Å². The molecule has 110 valence electrons. The van der Waals surface area contributed by atoms with E-state index < -0.39 is 0 Å². The molecule has 1 heterocycles. The second-order valence-corrected chi connectivity index (χ2v) is 8.35. The van der Waals surface area contributed by atoms with Crippen molar-refractivity contribution >= 4 is 0 Å². The van der Waals surface area contributed by atoms with Gasteiger partial charge in [0.25, 0.3) is 0 Å². The molecule has 3 aliphatic rings. The summed E-state index contributed by atoms with van der Waals surface area (Å²) in [5, 5.41) is 0. The Hall–Kier alpha value is -0.0800. The van der Waals surface area contributed by atoms with E-state index in [9.17, 15) is 0 Å². The minimum atomic E-state index is -0.0109. The van der Waals surface area contributed by atoms with Gasteiger partial charge in [-0.25, -0.2) is 0 Å². The number of hydrogen-bond acceptors (Lipinski definition) is 2. The average Bonchev–Trinajstić information content (AvgIpc) is 2.64. The highest BCUT2D eigenvalue weighted by Gasteiger charge is 2.72. The SMILES string of the molecule is CC(C)[C@H]1OC[C@H](C)[C@]2(C[C@H]3CC[C@]2(C)C3(C)C)O1. The van der Waals surface area contributed by atoms with Gasteiger partial charge in [0.1, 0.15) is 0 Å². The van der Waals surface area contributed by atoms with E-state index in [-0.39, 0.29) is 11.9 Å². The first-order valence-corrected chi connectivity index (χ1v) is 8.04. The van der Waals surface area contributed by atoms with Crippen molar-refractivity contribution in [1.82, 2.24) is 0 Å². The monoisotopic (exact) mass is 266 g/mol. The van der Waals surface area contributed by atoms with Crippen LogP contribution in [-0.2, 0) is 9.47 Å². The minimum absolute atomic E-state index is 0.0109. The molecule has 0 amide bonds. The third kappa shape index (κ3) is 1.51. The lowest BCUT2D eigenvalue weighted by atomic mass is 9.60. The second kappa shape index (κ2) is 3.98. The van der Waals surface area contributed by atoms with Crippen molar-refractivity contribution in [2.45, 2.75) is 72.7 Å². The third-order valence-corrected chi connectivity index (χ3v) is 7.10. The van der Waals surface area contributed by atoms with Crippen molar-refractivity contribution in [2.24, 2.45) is 28.6 Å². The number of ether oxygens (including phenoxy) is 2.